The number of alkyl halides is 7. The Balaban J connectivity index is 0.000000224. The highest BCUT2D eigenvalue weighted by Crippen LogP contribution is 2.47. The smallest absolute Gasteiger partial charge is 0.353 e. The molecule has 124 heavy (non-hydrogen) atoms. The Morgan fingerprint density at radius 3 is 1.86 bits per heavy atom. The number of hydrogen-bond donors (Lipinski definition) is 6. The number of hydrogen-bond acceptors (Lipinski definition) is 23. The fourth-order valence-corrected chi connectivity index (χ4v) is 15.0. The van der Waals surface area contributed by atoms with Crippen molar-refractivity contribution in [1.29, 1.82) is 0 Å². The van der Waals surface area contributed by atoms with E-state index in [1.54, 1.807) is 84.0 Å². The number of nitrogens with one attached hydrogen (secondary N) is 6. The first-order chi connectivity index (χ1) is 58.2. The van der Waals surface area contributed by atoms with Gasteiger partial charge in [0.15, 0.2) is 0 Å². The third kappa shape index (κ3) is 25.1. The van der Waals surface area contributed by atoms with Crippen LogP contribution in [-0.4, -0.2) is 167 Å². The zero-order valence-corrected chi connectivity index (χ0v) is 72.3. The molecule has 1 spiro atoms. The number of nitro benzene ring substituents is 2. The minimum Gasteiger partial charge on any atom is -0.460 e. The maximum Gasteiger partial charge on any atom is 0.353 e. The SMILES string of the molecule is CC(=O)O[C@H](C)c1ccc2ccc(/C=C/C3(C(=O)N[C@H](C(=O)N[C@@H](C)C(=O)N4CCC[C@@H](C(=O)OCC(Cl)(Cl)Cl)N4)C(C)C)CCC(F)(F)CC3)cc2n1.CC(C)[C@@H]1NC(=O)C2(/C=C/c3ccc4ccc(nc4c3)[C@@H](C)OC(=O)[C@@H]3CCCN(N3)C(=O)[C@H](C)NC1=O)CCC(F)(F)CC2.Cc1cccc([N+](=O)[O-])c1C(=O)OC(=O)c1c(C)cccc1[N+](=O)[O-]. The van der Waals surface area contributed by atoms with Crippen LogP contribution in [0.15, 0.2) is 109 Å². The summed E-state index contributed by atoms with van der Waals surface area (Å²) in [6.45, 7) is 17.7. The van der Waals surface area contributed by atoms with Gasteiger partial charge >= 0.3 is 29.8 Å². The molecule has 5 bridgehead atoms. The number of esters is 5. The highest BCUT2D eigenvalue weighted by Gasteiger charge is 2.50. The largest absolute Gasteiger partial charge is 0.460 e. The van der Waals surface area contributed by atoms with Crippen LogP contribution in [0.2, 0.25) is 0 Å². The Labute approximate surface area is 726 Å². The van der Waals surface area contributed by atoms with Crippen LogP contribution in [0.4, 0.5) is 28.9 Å². The zero-order chi connectivity index (χ0) is 91.3. The van der Waals surface area contributed by atoms with Crippen molar-refractivity contribution in [1.82, 2.24) is 52.1 Å². The first kappa shape index (κ1) is 96.7. The van der Waals surface area contributed by atoms with Crippen LogP contribution >= 0.6 is 34.8 Å². The van der Waals surface area contributed by atoms with Crippen molar-refractivity contribution in [3.05, 3.63) is 174 Å². The molecule has 0 radical (unpaired) electrons. The van der Waals surface area contributed by atoms with Gasteiger partial charge in [-0.25, -0.2) is 48.0 Å². The molecule has 4 fully saturated rings. The molecule has 8 atom stereocenters. The highest BCUT2D eigenvalue weighted by atomic mass is 35.6. The average Bonchev–Trinajstić information content (AvgIpc) is 0.827. The average molecular weight is 1790 g/mol. The van der Waals surface area contributed by atoms with Crippen LogP contribution in [0.5, 0.6) is 0 Å². The molecule has 666 valence electrons. The molecule has 2 aliphatic carbocycles. The lowest BCUT2D eigenvalue weighted by Crippen LogP contribution is -2.61. The number of rotatable bonds is 17. The van der Waals surface area contributed by atoms with Crippen molar-refractivity contribution < 1.29 is 99.1 Å². The van der Waals surface area contributed by atoms with E-state index in [0.29, 0.717) is 65.8 Å². The molecule has 6 amide bonds. The summed E-state index contributed by atoms with van der Waals surface area (Å²) in [7, 11) is 0. The van der Waals surface area contributed by atoms with Crippen LogP contribution in [0.3, 0.4) is 0 Å². The lowest BCUT2D eigenvalue weighted by Gasteiger charge is -2.38. The van der Waals surface area contributed by atoms with Gasteiger partial charge < -0.3 is 40.2 Å². The van der Waals surface area contributed by atoms with Gasteiger partial charge in [-0.05, 0) is 151 Å². The summed E-state index contributed by atoms with van der Waals surface area (Å²) in [5.74, 6) is -14.1. The second-order valence-electron chi connectivity index (χ2n) is 32.2. The quantitative estimate of drug-likeness (QED) is 0.00939. The van der Waals surface area contributed by atoms with Gasteiger partial charge in [0, 0.05) is 68.6 Å². The summed E-state index contributed by atoms with van der Waals surface area (Å²) in [6, 6.07) is 20.3. The summed E-state index contributed by atoms with van der Waals surface area (Å²) < 4.78 is 76.4. The number of amides is 6. The van der Waals surface area contributed by atoms with E-state index in [0.717, 1.165) is 22.9 Å². The van der Waals surface area contributed by atoms with Crippen LogP contribution in [-0.2, 0) is 62.1 Å². The van der Waals surface area contributed by atoms with Gasteiger partial charge in [-0.15, -0.1) is 0 Å². The van der Waals surface area contributed by atoms with Crippen molar-refractivity contribution in [3.8, 4) is 0 Å². The number of fused-ring (bicyclic) bond motifs is 5. The molecule has 0 unspecified atom stereocenters. The lowest BCUT2D eigenvalue weighted by molar-refractivity contribution is -0.385. The van der Waals surface area contributed by atoms with Crippen LogP contribution < -0.4 is 32.1 Å². The van der Waals surface area contributed by atoms with E-state index in [1.165, 1.54) is 68.9 Å². The maximum absolute atomic E-state index is 14.4. The van der Waals surface area contributed by atoms with Crippen molar-refractivity contribution in [2.75, 3.05) is 19.7 Å². The normalized spacial score (nSPS) is 21.2. The van der Waals surface area contributed by atoms with Gasteiger partial charge in [-0.2, -0.15) is 0 Å². The molecule has 5 heterocycles. The van der Waals surface area contributed by atoms with Gasteiger partial charge in [0.1, 0.15) is 66.2 Å². The molecule has 31 nitrogen and oxygen atoms in total. The van der Waals surface area contributed by atoms with Gasteiger partial charge in [0.2, 0.25) is 39.3 Å². The Hall–Kier alpha value is -11.1. The first-order valence-electron chi connectivity index (χ1n) is 40.4. The van der Waals surface area contributed by atoms with E-state index in [4.69, 9.17) is 54.0 Å². The molecule has 2 aromatic heterocycles. The first-order valence-corrected chi connectivity index (χ1v) is 41.5. The molecular weight excluding hydrogens is 1690 g/mol. The lowest BCUT2D eigenvalue weighted by atomic mass is 9.71. The van der Waals surface area contributed by atoms with E-state index >= 15 is 0 Å². The third-order valence-corrected chi connectivity index (χ3v) is 22.4. The van der Waals surface area contributed by atoms with Crippen LogP contribution in [0, 0.1) is 56.7 Å². The number of nitro groups is 2. The molecule has 2 saturated carbocycles. The number of halogens is 7. The van der Waals surface area contributed by atoms with Crippen LogP contribution in [0.1, 0.15) is 206 Å². The second kappa shape index (κ2) is 41.1. The fourth-order valence-electron chi connectivity index (χ4n) is 14.8. The standard InChI is InChI=1S/C37H46Cl3F2N5O7.C33H41F2N5O5.C16H12N2O7/c1-21(2)30(31(49)43-22(3)32(50)47-18-6-7-28(46-47)33(51)53-20-37(38,39)40)45-34(52)35(14-16-36(41,42)17-15-35)13-12-25-8-9-26-10-11-27(44-29(26)19-25)23(4)54-24(5)48;1-19(2)27-28(41)36-20(3)29(42)40-17-5-6-25(39-40)30(43)45-21(4)24-10-9-23-8-7-22(18-26(23)37-24)11-12-32(31(44)38-27)13-15-33(34,35)16-14-32;1-9-5-3-7-11(17(21)22)13(9)15(19)25-16(20)14-10(2)6-4-8-12(14)18(23)24/h8-13,19,21-23,28,30,46H,6-7,14-18,20H2,1-5H3,(H,43,49)(H,45,52);7-12,18-21,25,27,39H,5-6,13-17H2,1-4H3,(H,36,41)(H,38,44);3-8H,1-2H3/b13-12+;12-11+;/t22-,23+,28-,30-;20-,21+,25-,27-;/m00./s1. The van der Waals surface area contributed by atoms with Crippen LogP contribution in [0.25, 0.3) is 34.0 Å². The number of nitrogens with zero attached hydrogens (tertiary/aromatic N) is 6. The number of aryl methyl sites for hydroxylation is 2. The predicted molar refractivity (Wildman–Crippen MR) is 449 cm³/mol. The highest BCUT2D eigenvalue weighted by molar-refractivity contribution is 6.67. The van der Waals surface area contributed by atoms with E-state index in [-0.39, 0.29) is 60.4 Å². The summed E-state index contributed by atoms with van der Waals surface area (Å²) in [6.07, 6.45) is 4.81. The summed E-state index contributed by atoms with van der Waals surface area (Å²) in [5, 5.41) is 37.3. The summed E-state index contributed by atoms with van der Waals surface area (Å²) >= 11 is 17.0. The molecule has 11 rings (SSSR count). The van der Waals surface area contributed by atoms with Crippen molar-refractivity contribution in [3.63, 3.8) is 0 Å². The molecule has 6 N–H and O–H groups in total. The van der Waals surface area contributed by atoms with Crippen molar-refractivity contribution in [2.24, 2.45) is 22.7 Å². The van der Waals surface area contributed by atoms with Gasteiger partial charge in [-0.3, -0.25) is 73.4 Å². The van der Waals surface area contributed by atoms with Gasteiger partial charge in [-0.1, -0.05) is 147 Å². The minimum atomic E-state index is -2.94. The number of hydrazine groups is 2. The molecule has 3 aliphatic heterocycles. The number of pyridine rings is 2. The maximum atomic E-state index is 14.4. The molecule has 5 aliphatic rings. The summed E-state index contributed by atoms with van der Waals surface area (Å²) in [4.78, 5) is 173. The number of cyclic esters (lactones) is 1. The van der Waals surface area contributed by atoms with Crippen molar-refractivity contribution >= 4 is 145 Å². The molecule has 2 saturated heterocycles. The minimum absolute atomic E-state index is 0.0929. The van der Waals surface area contributed by atoms with Gasteiger partial charge in [0.05, 0.1) is 43.1 Å². The fraction of sp³-hybridized carbons (Fsp3) is 0.477. The molecule has 6 aromatic rings. The topological polar surface area (TPSA) is 415 Å². The molecule has 4 aromatic carbocycles. The third-order valence-electron chi connectivity index (χ3n) is 22.1. The van der Waals surface area contributed by atoms with E-state index < -0.39 is 200 Å². The Morgan fingerprint density at radius 1 is 0.710 bits per heavy atom. The Kier molecular flexibility index (Phi) is 32.1. The van der Waals surface area contributed by atoms with Crippen molar-refractivity contribution in [2.45, 2.75) is 217 Å². The molecular formula is C86H99Cl3F4N12O19. The predicted octanol–water partition coefficient (Wildman–Crippen LogP) is 13.4. The zero-order valence-electron chi connectivity index (χ0n) is 70.0. The Morgan fingerprint density at radius 2 is 1.28 bits per heavy atom. The van der Waals surface area contributed by atoms with E-state index in [2.05, 4.69) is 41.8 Å². The van der Waals surface area contributed by atoms with E-state index in [1.807, 2.05) is 42.5 Å². The number of ether oxygens (including phenoxy) is 4. The monoisotopic (exact) mass is 1780 g/mol. The summed E-state index contributed by atoms with van der Waals surface area (Å²) in [5.41, 5.74) is 5.52. The van der Waals surface area contributed by atoms with Gasteiger partial charge in [0.25, 0.3) is 23.2 Å². The second-order valence-corrected chi connectivity index (χ2v) is 34.7. The van der Waals surface area contributed by atoms with E-state index in [9.17, 15) is 90.5 Å². The number of benzene rings is 4. The Bertz CT molecular complexity index is 5050. The molecule has 38 heteroatoms. The number of carbonyl (C=O) groups excluding carboxylic acids is 11. The number of aromatic nitrogens is 2. The number of carbonyl (C=O) groups is 11.